The second-order valence-electron chi connectivity index (χ2n) is 6.56. The molecule has 0 aliphatic heterocycles. The standard InChI is InChI=1S/C22H15Cl2N3O4/c1-2-27-19(31-13-4-6-16-17(10-13)26-8-7-25-16)11-18(28)20(22(29)30)21(27)12-3-5-14(23)15(24)9-12/h3-11H,2H2,1H3,(H,29,30). The van der Waals surface area contributed by atoms with Crippen LogP contribution >= 0.6 is 23.2 Å². The van der Waals surface area contributed by atoms with Gasteiger partial charge in [-0.1, -0.05) is 29.3 Å². The molecule has 0 radical (unpaired) electrons. The van der Waals surface area contributed by atoms with Crippen LogP contribution in [-0.2, 0) is 6.54 Å². The van der Waals surface area contributed by atoms with Gasteiger partial charge in [-0.15, -0.1) is 0 Å². The number of aromatic nitrogens is 3. The van der Waals surface area contributed by atoms with Crippen molar-refractivity contribution in [3.05, 3.63) is 80.7 Å². The molecule has 0 fully saturated rings. The minimum atomic E-state index is -1.35. The van der Waals surface area contributed by atoms with Crippen molar-refractivity contribution >= 4 is 40.2 Å². The van der Waals surface area contributed by atoms with E-state index in [0.29, 0.717) is 33.9 Å². The van der Waals surface area contributed by atoms with Crippen LogP contribution in [0.5, 0.6) is 11.6 Å². The predicted octanol–water partition coefficient (Wildman–Crippen LogP) is 5.28. The van der Waals surface area contributed by atoms with Gasteiger partial charge < -0.3 is 14.4 Å². The number of ether oxygens (including phenoxy) is 1. The molecule has 0 saturated heterocycles. The third kappa shape index (κ3) is 3.97. The summed E-state index contributed by atoms with van der Waals surface area (Å²) in [5.41, 5.74) is 0.862. The third-order valence-corrected chi connectivity index (χ3v) is 5.40. The summed E-state index contributed by atoms with van der Waals surface area (Å²) in [6.07, 6.45) is 3.16. The molecule has 4 rings (SSSR count). The normalized spacial score (nSPS) is 10.9. The molecule has 0 saturated carbocycles. The molecule has 0 aliphatic carbocycles. The van der Waals surface area contributed by atoms with Crippen LogP contribution < -0.4 is 10.2 Å². The fraction of sp³-hybridized carbons (Fsp3) is 0.0909. The number of hydrogen-bond donors (Lipinski definition) is 1. The number of carboxylic acid groups (broad SMARTS) is 1. The summed E-state index contributed by atoms with van der Waals surface area (Å²) >= 11 is 12.2. The summed E-state index contributed by atoms with van der Waals surface area (Å²) in [6.45, 7) is 2.15. The summed E-state index contributed by atoms with van der Waals surface area (Å²) in [7, 11) is 0. The predicted molar refractivity (Wildman–Crippen MR) is 118 cm³/mol. The molecule has 9 heteroatoms. The number of pyridine rings is 1. The number of carboxylic acids is 1. The van der Waals surface area contributed by atoms with Crippen LogP contribution in [-0.4, -0.2) is 25.6 Å². The van der Waals surface area contributed by atoms with Gasteiger partial charge >= 0.3 is 5.97 Å². The molecule has 0 atom stereocenters. The first-order valence-electron chi connectivity index (χ1n) is 9.24. The fourth-order valence-corrected chi connectivity index (χ4v) is 3.60. The van der Waals surface area contributed by atoms with Crippen molar-refractivity contribution in [3.8, 4) is 22.9 Å². The van der Waals surface area contributed by atoms with E-state index < -0.39 is 11.4 Å². The van der Waals surface area contributed by atoms with Crippen molar-refractivity contribution in [1.29, 1.82) is 0 Å². The van der Waals surface area contributed by atoms with Crippen molar-refractivity contribution in [3.63, 3.8) is 0 Å². The first kappa shape index (κ1) is 20.8. The topological polar surface area (TPSA) is 94.3 Å². The molecule has 0 aliphatic rings. The molecular weight excluding hydrogens is 441 g/mol. The summed E-state index contributed by atoms with van der Waals surface area (Å²) in [5.74, 6) is -0.736. The van der Waals surface area contributed by atoms with E-state index in [-0.39, 0.29) is 22.2 Å². The summed E-state index contributed by atoms with van der Waals surface area (Å²) in [4.78, 5) is 33.1. The zero-order chi connectivity index (χ0) is 22.1. The largest absolute Gasteiger partial charge is 0.477 e. The Bertz CT molecular complexity index is 1390. The van der Waals surface area contributed by atoms with Gasteiger partial charge in [-0.3, -0.25) is 14.8 Å². The highest BCUT2D eigenvalue weighted by atomic mass is 35.5. The van der Waals surface area contributed by atoms with Crippen LogP contribution in [0.25, 0.3) is 22.3 Å². The number of benzene rings is 2. The Morgan fingerprint density at radius 3 is 2.45 bits per heavy atom. The molecule has 4 aromatic rings. The number of halogens is 2. The molecule has 2 heterocycles. The second kappa shape index (κ2) is 8.37. The van der Waals surface area contributed by atoms with E-state index in [9.17, 15) is 14.7 Å². The molecule has 7 nitrogen and oxygen atoms in total. The van der Waals surface area contributed by atoms with E-state index in [4.69, 9.17) is 27.9 Å². The van der Waals surface area contributed by atoms with Crippen molar-refractivity contribution in [2.24, 2.45) is 0 Å². The van der Waals surface area contributed by atoms with E-state index in [2.05, 4.69) is 9.97 Å². The van der Waals surface area contributed by atoms with Gasteiger partial charge in [-0.05, 0) is 31.2 Å². The number of nitrogens with zero attached hydrogens (tertiary/aromatic N) is 3. The van der Waals surface area contributed by atoms with Crippen LogP contribution in [0.3, 0.4) is 0 Å². The number of aromatic carboxylic acids is 1. The van der Waals surface area contributed by atoms with Gasteiger partial charge in [0.25, 0.3) is 0 Å². The lowest BCUT2D eigenvalue weighted by atomic mass is 10.0. The van der Waals surface area contributed by atoms with Gasteiger partial charge in [-0.2, -0.15) is 0 Å². The van der Waals surface area contributed by atoms with E-state index in [1.54, 1.807) is 47.3 Å². The van der Waals surface area contributed by atoms with Gasteiger partial charge in [0, 0.05) is 36.6 Å². The van der Waals surface area contributed by atoms with E-state index in [0.717, 1.165) is 6.07 Å². The first-order valence-corrected chi connectivity index (χ1v) is 9.99. The lowest BCUT2D eigenvalue weighted by Crippen LogP contribution is -2.21. The Kier molecular flexibility index (Phi) is 5.63. The Labute approximate surface area is 186 Å². The Hall–Kier alpha value is -3.42. The van der Waals surface area contributed by atoms with Crippen LogP contribution in [0.15, 0.2) is 59.7 Å². The molecule has 31 heavy (non-hydrogen) atoms. The molecule has 1 N–H and O–H groups in total. The third-order valence-electron chi connectivity index (χ3n) is 4.66. The zero-order valence-electron chi connectivity index (χ0n) is 16.2. The smallest absolute Gasteiger partial charge is 0.341 e. The minimum absolute atomic E-state index is 0.177. The lowest BCUT2D eigenvalue weighted by molar-refractivity contribution is 0.0695. The number of fused-ring (bicyclic) bond motifs is 1. The van der Waals surface area contributed by atoms with Crippen LogP contribution in [0.1, 0.15) is 17.3 Å². The second-order valence-corrected chi connectivity index (χ2v) is 7.37. The quantitative estimate of drug-likeness (QED) is 0.440. The summed E-state index contributed by atoms with van der Waals surface area (Å²) in [6, 6.07) is 11.0. The highest BCUT2D eigenvalue weighted by Gasteiger charge is 2.23. The molecule has 0 unspecified atom stereocenters. The maximum Gasteiger partial charge on any atom is 0.341 e. The zero-order valence-corrected chi connectivity index (χ0v) is 17.7. The Morgan fingerprint density at radius 2 is 1.77 bits per heavy atom. The van der Waals surface area contributed by atoms with Crippen molar-refractivity contribution in [2.45, 2.75) is 13.5 Å². The van der Waals surface area contributed by atoms with Gasteiger partial charge in [0.15, 0.2) is 0 Å². The number of carbonyl (C=O) groups is 1. The van der Waals surface area contributed by atoms with Gasteiger partial charge in [0.1, 0.15) is 11.3 Å². The highest BCUT2D eigenvalue weighted by Crippen LogP contribution is 2.33. The molecular formula is C22H15Cl2N3O4. The fourth-order valence-electron chi connectivity index (χ4n) is 3.30. The van der Waals surface area contributed by atoms with Gasteiger partial charge in [-0.25, -0.2) is 4.79 Å². The van der Waals surface area contributed by atoms with E-state index in [1.165, 1.54) is 6.07 Å². The van der Waals surface area contributed by atoms with Crippen molar-refractivity contribution in [2.75, 3.05) is 0 Å². The summed E-state index contributed by atoms with van der Waals surface area (Å²) < 4.78 is 7.59. The lowest BCUT2D eigenvalue weighted by Gasteiger charge is -2.20. The van der Waals surface area contributed by atoms with Crippen LogP contribution in [0.2, 0.25) is 10.0 Å². The van der Waals surface area contributed by atoms with Gasteiger partial charge in [0.2, 0.25) is 11.3 Å². The average molecular weight is 456 g/mol. The Balaban J connectivity index is 1.92. The molecule has 0 bridgehead atoms. The molecule has 2 aromatic heterocycles. The molecule has 2 aromatic carbocycles. The van der Waals surface area contributed by atoms with Gasteiger partial charge in [0.05, 0.1) is 26.8 Å². The summed E-state index contributed by atoms with van der Waals surface area (Å²) in [5, 5.41) is 10.3. The average Bonchev–Trinajstić information content (AvgIpc) is 2.75. The SMILES string of the molecule is CCn1c(Oc2ccc3nccnc3c2)cc(=O)c(C(=O)O)c1-c1ccc(Cl)c(Cl)c1. The molecule has 0 spiro atoms. The maximum atomic E-state index is 12.7. The first-order chi connectivity index (χ1) is 14.9. The number of rotatable bonds is 5. The molecule has 0 amide bonds. The monoisotopic (exact) mass is 455 g/mol. The Morgan fingerprint density at radius 1 is 1.03 bits per heavy atom. The minimum Gasteiger partial charge on any atom is -0.477 e. The van der Waals surface area contributed by atoms with Crippen molar-refractivity contribution < 1.29 is 14.6 Å². The van der Waals surface area contributed by atoms with Crippen molar-refractivity contribution in [1.82, 2.24) is 14.5 Å². The number of hydrogen-bond acceptors (Lipinski definition) is 5. The van der Waals surface area contributed by atoms with Crippen LogP contribution in [0.4, 0.5) is 0 Å². The molecule has 156 valence electrons. The van der Waals surface area contributed by atoms with Crippen LogP contribution in [0, 0.1) is 0 Å². The van der Waals surface area contributed by atoms with E-state index >= 15 is 0 Å². The highest BCUT2D eigenvalue weighted by molar-refractivity contribution is 6.42. The van der Waals surface area contributed by atoms with E-state index in [1.807, 2.05) is 6.92 Å². The maximum absolute atomic E-state index is 12.7.